The second kappa shape index (κ2) is 8.24. The van der Waals surface area contributed by atoms with Gasteiger partial charge in [-0.2, -0.15) is 0 Å². The number of pyridine rings is 1. The lowest BCUT2D eigenvalue weighted by Crippen LogP contribution is -2.33. The summed E-state index contributed by atoms with van der Waals surface area (Å²) >= 11 is 14.4. The molecule has 0 bridgehead atoms. The first-order valence-corrected chi connectivity index (χ1v) is 8.18. The minimum atomic E-state index is -0.929. The third kappa shape index (κ3) is 5.78. The van der Waals surface area contributed by atoms with Crippen molar-refractivity contribution in [3.8, 4) is 0 Å². The molecule has 0 aliphatic rings. The zero-order valence-corrected chi connectivity index (χ0v) is 15.0. The lowest BCUT2D eigenvalue weighted by atomic mass is 10.0. The predicted molar refractivity (Wildman–Crippen MR) is 97.7 cm³/mol. The Morgan fingerprint density at radius 2 is 2.00 bits per heavy atom. The van der Waals surface area contributed by atoms with Gasteiger partial charge in [-0.1, -0.05) is 23.7 Å². The van der Waals surface area contributed by atoms with Crippen molar-refractivity contribution in [2.24, 2.45) is 0 Å². The Balaban J connectivity index is 2.07. The summed E-state index contributed by atoms with van der Waals surface area (Å²) in [6.07, 6.45) is 1.52. The molecule has 0 aliphatic heterocycles. The maximum Gasteiger partial charge on any atom is 0.305 e. The lowest BCUT2D eigenvalue weighted by molar-refractivity contribution is -0.137. The monoisotopic (exact) mass is 413 g/mol. The number of anilines is 1. The van der Waals surface area contributed by atoms with Crippen LogP contribution in [-0.2, 0) is 4.79 Å². The quantitative estimate of drug-likeness (QED) is 0.642. The summed E-state index contributed by atoms with van der Waals surface area (Å²) < 4.78 is 0.854. The van der Waals surface area contributed by atoms with Crippen LogP contribution in [0.1, 0.15) is 18.0 Å². The van der Waals surface area contributed by atoms with Gasteiger partial charge >= 0.3 is 5.97 Å². The van der Waals surface area contributed by atoms with E-state index in [9.17, 15) is 4.79 Å². The second-order valence-corrected chi connectivity index (χ2v) is 6.42. The summed E-state index contributed by atoms with van der Waals surface area (Å²) in [6.45, 7) is 0. The number of benzene rings is 1. The fourth-order valence-electron chi connectivity index (χ4n) is 1.88. The SMILES string of the molecule is O=C(O)C[C@H](NC(=S)Nc1ccc(Br)cn1)c1ccc(Cl)cc1. The molecule has 1 aromatic carbocycles. The Bertz CT molecular complexity index is 695. The van der Waals surface area contributed by atoms with E-state index in [-0.39, 0.29) is 6.42 Å². The number of carbonyl (C=O) groups is 1. The number of thiocarbonyl (C=S) groups is 1. The number of carboxylic acid groups (broad SMARTS) is 1. The van der Waals surface area contributed by atoms with E-state index in [2.05, 4.69) is 31.5 Å². The molecule has 2 rings (SSSR count). The molecule has 1 heterocycles. The first kappa shape index (κ1) is 17.7. The van der Waals surface area contributed by atoms with Gasteiger partial charge in [-0.15, -0.1) is 0 Å². The molecule has 120 valence electrons. The largest absolute Gasteiger partial charge is 0.481 e. The number of rotatable bonds is 5. The third-order valence-electron chi connectivity index (χ3n) is 2.93. The van der Waals surface area contributed by atoms with Crippen LogP contribution < -0.4 is 10.6 Å². The number of nitrogens with one attached hydrogen (secondary N) is 2. The van der Waals surface area contributed by atoms with E-state index in [0.717, 1.165) is 10.0 Å². The van der Waals surface area contributed by atoms with Gasteiger partial charge in [-0.25, -0.2) is 4.98 Å². The smallest absolute Gasteiger partial charge is 0.305 e. The van der Waals surface area contributed by atoms with Gasteiger partial charge in [0.2, 0.25) is 0 Å². The topological polar surface area (TPSA) is 74.2 Å². The highest BCUT2D eigenvalue weighted by Gasteiger charge is 2.16. The maximum absolute atomic E-state index is 11.1. The maximum atomic E-state index is 11.1. The summed E-state index contributed by atoms with van der Waals surface area (Å²) in [5.41, 5.74) is 0.782. The molecule has 1 atom stereocenters. The normalized spacial score (nSPS) is 11.6. The Morgan fingerprint density at radius 1 is 1.30 bits per heavy atom. The summed E-state index contributed by atoms with van der Waals surface area (Å²) in [6, 6.07) is 10.1. The fourth-order valence-corrected chi connectivity index (χ4v) is 2.49. The molecule has 8 heteroatoms. The van der Waals surface area contributed by atoms with Crippen molar-refractivity contribution in [2.75, 3.05) is 5.32 Å². The van der Waals surface area contributed by atoms with Crippen molar-refractivity contribution in [1.82, 2.24) is 10.3 Å². The molecule has 1 aromatic heterocycles. The summed E-state index contributed by atoms with van der Waals surface area (Å²) in [5, 5.41) is 15.9. The third-order valence-corrected chi connectivity index (χ3v) is 3.87. The van der Waals surface area contributed by atoms with Crippen LogP contribution >= 0.6 is 39.7 Å². The van der Waals surface area contributed by atoms with Gasteiger partial charge in [-0.3, -0.25) is 4.79 Å². The van der Waals surface area contributed by atoms with Crippen LogP contribution in [-0.4, -0.2) is 21.2 Å². The number of hydrogen-bond acceptors (Lipinski definition) is 3. The van der Waals surface area contributed by atoms with E-state index in [1.165, 1.54) is 0 Å². The molecule has 2 aromatic rings. The molecule has 0 saturated carbocycles. The number of aromatic nitrogens is 1. The minimum absolute atomic E-state index is 0.114. The zero-order chi connectivity index (χ0) is 16.8. The lowest BCUT2D eigenvalue weighted by Gasteiger charge is -2.19. The molecule has 0 unspecified atom stereocenters. The van der Waals surface area contributed by atoms with Crippen molar-refractivity contribution in [3.63, 3.8) is 0 Å². The highest BCUT2D eigenvalue weighted by molar-refractivity contribution is 9.10. The van der Waals surface area contributed by atoms with Gasteiger partial charge in [0, 0.05) is 15.7 Å². The van der Waals surface area contributed by atoms with Gasteiger partial charge in [0.05, 0.1) is 12.5 Å². The molecule has 5 nitrogen and oxygen atoms in total. The summed E-state index contributed by atoms with van der Waals surface area (Å²) in [7, 11) is 0. The molecule has 23 heavy (non-hydrogen) atoms. The molecule has 0 fully saturated rings. The molecule has 0 spiro atoms. The van der Waals surface area contributed by atoms with Crippen LogP contribution in [0.5, 0.6) is 0 Å². The number of carboxylic acids is 1. The van der Waals surface area contributed by atoms with Crippen LogP contribution in [0.3, 0.4) is 0 Å². The van der Waals surface area contributed by atoms with Crippen molar-refractivity contribution in [3.05, 3.63) is 57.7 Å². The van der Waals surface area contributed by atoms with E-state index in [1.54, 1.807) is 36.5 Å². The highest BCUT2D eigenvalue weighted by atomic mass is 79.9. The average Bonchev–Trinajstić information content (AvgIpc) is 2.49. The predicted octanol–water partition coefficient (Wildman–Crippen LogP) is 4.00. The van der Waals surface area contributed by atoms with Crippen LogP contribution in [0, 0.1) is 0 Å². The first-order valence-electron chi connectivity index (χ1n) is 6.60. The zero-order valence-electron chi connectivity index (χ0n) is 11.8. The molecule has 0 amide bonds. The molecular weight excluding hydrogens is 402 g/mol. The number of nitrogens with zero attached hydrogens (tertiary/aromatic N) is 1. The standard InChI is InChI=1S/C15H13BrClN3O2S/c16-10-3-6-13(18-8-10)20-15(23)19-12(7-14(21)22)9-1-4-11(17)5-2-9/h1-6,8,12H,7H2,(H,21,22)(H2,18,19,20,23)/t12-/m0/s1. The van der Waals surface area contributed by atoms with Gasteiger partial charge in [-0.05, 0) is 58.0 Å². The van der Waals surface area contributed by atoms with E-state index in [1.807, 2.05) is 6.07 Å². The Hall–Kier alpha value is -1.70. The molecule has 0 radical (unpaired) electrons. The van der Waals surface area contributed by atoms with Crippen LogP contribution in [0.25, 0.3) is 0 Å². The second-order valence-electron chi connectivity index (χ2n) is 4.66. The van der Waals surface area contributed by atoms with Crippen molar-refractivity contribution >= 4 is 56.6 Å². The number of halogens is 2. The van der Waals surface area contributed by atoms with Crippen LogP contribution in [0.4, 0.5) is 5.82 Å². The summed E-state index contributed by atoms with van der Waals surface area (Å²) in [4.78, 5) is 15.2. The van der Waals surface area contributed by atoms with Crippen molar-refractivity contribution in [2.45, 2.75) is 12.5 Å². The Labute approximate surface area is 152 Å². The summed E-state index contributed by atoms with van der Waals surface area (Å²) in [5.74, 6) is -0.363. The van der Waals surface area contributed by atoms with Gasteiger partial charge < -0.3 is 15.7 Å². The Morgan fingerprint density at radius 3 is 2.57 bits per heavy atom. The number of aliphatic carboxylic acids is 1. The first-order chi connectivity index (χ1) is 10.9. The molecule has 0 aliphatic carbocycles. The molecule has 0 saturated heterocycles. The van der Waals surface area contributed by atoms with Crippen molar-refractivity contribution < 1.29 is 9.90 Å². The number of hydrogen-bond donors (Lipinski definition) is 3. The molecule has 3 N–H and O–H groups in total. The van der Waals surface area contributed by atoms with Crippen LogP contribution in [0.2, 0.25) is 5.02 Å². The van der Waals surface area contributed by atoms with E-state index < -0.39 is 12.0 Å². The highest BCUT2D eigenvalue weighted by Crippen LogP contribution is 2.20. The minimum Gasteiger partial charge on any atom is -0.481 e. The van der Waals surface area contributed by atoms with Crippen molar-refractivity contribution in [1.29, 1.82) is 0 Å². The van der Waals surface area contributed by atoms with Crippen LogP contribution in [0.15, 0.2) is 47.1 Å². The van der Waals surface area contributed by atoms with Gasteiger partial charge in [0.25, 0.3) is 0 Å². The Kier molecular flexibility index (Phi) is 6.32. The fraction of sp³-hybridized carbons (Fsp3) is 0.133. The van der Waals surface area contributed by atoms with E-state index in [0.29, 0.717) is 16.0 Å². The van der Waals surface area contributed by atoms with E-state index >= 15 is 0 Å². The van der Waals surface area contributed by atoms with Gasteiger partial charge in [0.1, 0.15) is 5.82 Å². The van der Waals surface area contributed by atoms with E-state index in [4.69, 9.17) is 28.9 Å². The van der Waals surface area contributed by atoms with Gasteiger partial charge in [0.15, 0.2) is 5.11 Å². The average molecular weight is 415 g/mol. The molecular formula is C15H13BrClN3O2S.